The van der Waals surface area contributed by atoms with E-state index in [1.807, 2.05) is 5.38 Å². The predicted octanol–water partition coefficient (Wildman–Crippen LogP) is 2.22. The molecule has 4 amide bonds. The molecule has 1 aliphatic carbocycles. The van der Waals surface area contributed by atoms with Crippen molar-refractivity contribution in [1.82, 2.24) is 20.1 Å². The van der Waals surface area contributed by atoms with Crippen LogP contribution in [-0.2, 0) is 16.0 Å². The molecule has 0 unspecified atom stereocenters. The van der Waals surface area contributed by atoms with Gasteiger partial charge in [0.05, 0.1) is 12.1 Å². The highest BCUT2D eigenvalue weighted by molar-refractivity contribution is 7.13. The van der Waals surface area contributed by atoms with Crippen LogP contribution in [0.2, 0.25) is 0 Å². The van der Waals surface area contributed by atoms with Crippen molar-refractivity contribution in [1.29, 1.82) is 0 Å². The summed E-state index contributed by atoms with van der Waals surface area (Å²) in [5.41, 5.74) is 0.674. The van der Waals surface area contributed by atoms with E-state index >= 15 is 0 Å². The Morgan fingerprint density at radius 2 is 1.71 bits per heavy atom. The summed E-state index contributed by atoms with van der Waals surface area (Å²) in [7, 11) is 0. The number of carbonyl (C=O) groups is 3. The van der Waals surface area contributed by atoms with Gasteiger partial charge in [-0.05, 0) is 12.8 Å². The summed E-state index contributed by atoms with van der Waals surface area (Å²) in [6.07, 6.45) is 7.22. The molecule has 154 valence electrons. The number of thiazole rings is 1. The molecule has 28 heavy (non-hydrogen) atoms. The van der Waals surface area contributed by atoms with E-state index < -0.39 is 0 Å². The molecule has 2 heterocycles. The monoisotopic (exact) mass is 407 g/mol. The van der Waals surface area contributed by atoms with Crippen LogP contribution in [0.3, 0.4) is 0 Å². The van der Waals surface area contributed by atoms with Gasteiger partial charge < -0.3 is 15.1 Å². The molecule has 1 aromatic heterocycles. The molecule has 1 saturated heterocycles. The van der Waals surface area contributed by atoms with Crippen molar-refractivity contribution < 1.29 is 14.4 Å². The number of carbonyl (C=O) groups excluding carboxylic acids is 3. The fourth-order valence-corrected chi connectivity index (χ4v) is 4.41. The zero-order chi connectivity index (χ0) is 19.9. The van der Waals surface area contributed by atoms with E-state index in [9.17, 15) is 14.4 Å². The lowest BCUT2D eigenvalue weighted by molar-refractivity contribution is -0.130. The molecule has 1 saturated carbocycles. The highest BCUT2D eigenvalue weighted by Gasteiger charge is 2.23. The number of hydrogen-bond donors (Lipinski definition) is 2. The van der Waals surface area contributed by atoms with Crippen molar-refractivity contribution >= 4 is 34.3 Å². The molecule has 9 heteroatoms. The van der Waals surface area contributed by atoms with Crippen LogP contribution in [0.4, 0.5) is 9.93 Å². The van der Waals surface area contributed by atoms with Crippen LogP contribution < -0.4 is 10.6 Å². The average Bonchev–Trinajstić information content (AvgIpc) is 2.94. The second-order valence-electron chi connectivity index (χ2n) is 7.50. The highest BCUT2D eigenvalue weighted by Crippen LogP contribution is 2.19. The van der Waals surface area contributed by atoms with Crippen molar-refractivity contribution in [2.45, 2.75) is 57.9 Å². The second kappa shape index (κ2) is 9.86. The van der Waals surface area contributed by atoms with Gasteiger partial charge in [0.1, 0.15) is 0 Å². The molecule has 0 aromatic carbocycles. The Balaban J connectivity index is 1.44. The van der Waals surface area contributed by atoms with Gasteiger partial charge >= 0.3 is 6.03 Å². The molecule has 2 fully saturated rings. The maximum absolute atomic E-state index is 12.4. The molecule has 0 atom stereocenters. The van der Waals surface area contributed by atoms with E-state index in [0.29, 0.717) is 37.0 Å². The van der Waals surface area contributed by atoms with Gasteiger partial charge in [0.25, 0.3) is 0 Å². The van der Waals surface area contributed by atoms with Gasteiger partial charge in [0, 0.05) is 44.5 Å². The summed E-state index contributed by atoms with van der Waals surface area (Å²) in [4.78, 5) is 43.8. The quantitative estimate of drug-likeness (QED) is 0.748. The van der Waals surface area contributed by atoms with Crippen LogP contribution in [-0.4, -0.2) is 64.9 Å². The second-order valence-corrected chi connectivity index (χ2v) is 8.36. The molecule has 0 bridgehead atoms. The largest absolute Gasteiger partial charge is 0.353 e. The van der Waals surface area contributed by atoms with E-state index in [1.54, 1.807) is 16.7 Å². The van der Waals surface area contributed by atoms with E-state index in [-0.39, 0.29) is 30.3 Å². The third-order valence-electron chi connectivity index (χ3n) is 5.34. The van der Waals surface area contributed by atoms with Gasteiger partial charge in [-0.15, -0.1) is 11.3 Å². The molecule has 2 aliphatic rings. The van der Waals surface area contributed by atoms with E-state index in [1.165, 1.54) is 37.0 Å². The number of hydrogen-bond acceptors (Lipinski definition) is 5. The average molecular weight is 408 g/mol. The van der Waals surface area contributed by atoms with Gasteiger partial charge in [-0.2, -0.15) is 0 Å². The van der Waals surface area contributed by atoms with Crippen molar-refractivity contribution in [2.24, 2.45) is 0 Å². The molecular weight excluding hydrogens is 378 g/mol. The summed E-state index contributed by atoms with van der Waals surface area (Å²) < 4.78 is 0. The number of nitrogens with one attached hydrogen (secondary N) is 2. The summed E-state index contributed by atoms with van der Waals surface area (Å²) in [6.45, 7) is 3.65. The standard InChI is InChI=1S/C19H29N5O3S/c1-14(25)23-8-10-24(11-9-23)19(27)22-18-21-16(13-28-18)12-17(26)20-15-6-4-2-3-5-7-15/h13,15H,2-12H2,1H3,(H,20,26)(H,21,22,27). The SMILES string of the molecule is CC(=O)N1CCN(C(=O)Nc2nc(CC(=O)NC3CCCCCC3)cs2)CC1. The maximum Gasteiger partial charge on any atom is 0.323 e. The first-order chi connectivity index (χ1) is 13.5. The smallest absolute Gasteiger partial charge is 0.323 e. The Hall–Kier alpha value is -2.16. The van der Waals surface area contributed by atoms with Crippen LogP contribution in [0.15, 0.2) is 5.38 Å². The first-order valence-corrected chi connectivity index (χ1v) is 10.9. The van der Waals surface area contributed by atoms with Crippen LogP contribution in [0.5, 0.6) is 0 Å². The third kappa shape index (κ3) is 5.92. The summed E-state index contributed by atoms with van der Waals surface area (Å²) in [6, 6.07) is 0.0634. The van der Waals surface area contributed by atoms with Crippen LogP contribution in [0.1, 0.15) is 51.1 Å². The number of nitrogens with zero attached hydrogens (tertiary/aromatic N) is 3. The minimum atomic E-state index is -0.216. The number of piperazine rings is 1. The highest BCUT2D eigenvalue weighted by atomic mass is 32.1. The number of aromatic nitrogens is 1. The molecule has 0 spiro atoms. The van der Waals surface area contributed by atoms with Crippen LogP contribution in [0, 0.1) is 0 Å². The molecular formula is C19H29N5O3S. The molecule has 3 rings (SSSR count). The Labute approximate surface area is 169 Å². The summed E-state index contributed by atoms with van der Waals surface area (Å²) in [5, 5.41) is 8.23. The van der Waals surface area contributed by atoms with Gasteiger partial charge in [0.2, 0.25) is 11.8 Å². The molecule has 2 N–H and O–H groups in total. The topological polar surface area (TPSA) is 94.6 Å². The lowest BCUT2D eigenvalue weighted by atomic mass is 10.1. The van der Waals surface area contributed by atoms with E-state index in [2.05, 4.69) is 15.6 Å². The summed E-state index contributed by atoms with van der Waals surface area (Å²) >= 11 is 1.32. The number of rotatable bonds is 4. The van der Waals surface area contributed by atoms with Gasteiger partial charge in [-0.25, -0.2) is 9.78 Å². The maximum atomic E-state index is 12.4. The minimum absolute atomic E-state index is 0.00423. The molecule has 0 radical (unpaired) electrons. The first kappa shape index (κ1) is 20.6. The number of urea groups is 1. The third-order valence-corrected chi connectivity index (χ3v) is 6.15. The Morgan fingerprint density at radius 3 is 2.36 bits per heavy atom. The Bertz CT molecular complexity index is 691. The van der Waals surface area contributed by atoms with Crippen LogP contribution in [0.25, 0.3) is 0 Å². The predicted molar refractivity (Wildman–Crippen MR) is 108 cm³/mol. The fourth-order valence-electron chi connectivity index (χ4n) is 3.71. The normalized spacial score (nSPS) is 18.5. The Morgan fingerprint density at radius 1 is 1.07 bits per heavy atom. The van der Waals surface area contributed by atoms with Crippen LogP contribution >= 0.6 is 11.3 Å². The van der Waals surface area contributed by atoms with Crippen molar-refractivity contribution in [3.05, 3.63) is 11.1 Å². The van der Waals surface area contributed by atoms with Crippen molar-refractivity contribution in [3.63, 3.8) is 0 Å². The zero-order valence-corrected chi connectivity index (χ0v) is 17.2. The number of anilines is 1. The van der Waals surface area contributed by atoms with Gasteiger partial charge in [-0.1, -0.05) is 25.7 Å². The molecule has 1 aromatic rings. The lowest BCUT2D eigenvalue weighted by Gasteiger charge is -2.33. The lowest BCUT2D eigenvalue weighted by Crippen LogP contribution is -2.51. The van der Waals surface area contributed by atoms with E-state index in [0.717, 1.165) is 12.8 Å². The molecule has 1 aliphatic heterocycles. The fraction of sp³-hybridized carbons (Fsp3) is 0.684. The zero-order valence-electron chi connectivity index (χ0n) is 16.4. The minimum Gasteiger partial charge on any atom is -0.353 e. The Kier molecular flexibility index (Phi) is 7.24. The number of amides is 4. The first-order valence-electron chi connectivity index (χ1n) is 10.1. The van der Waals surface area contributed by atoms with E-state index in [4.69, 9.17) is 0 Å². The van der Waals surface area contributed by atoms with Gasteiger partial charge in [0.15, 0.2) is 5.13 Å². The van der Waals surface area contributed by atoms with Crippen molar-refractivity contribution in [3.8, 4) is 0 Å². The van der Waals surface area contributed by atoms with Crippen molar-refractivity contribution in [2.75, 3.05) is 31.5 Å². The van der Waals surface area contributed by atoms with Gasteiger partial charge in [-0.3, -0.25) is 14.9 Å². The summed E-state index contributed by atoms with van der Waals surface area (Å²) in [5.74, 6) is 0.0298. The molecule has 8 nitrogen and oxygen atoms in total.